The first-order valence-corrected chi connectivity index (χ1v) is 8.04. The second-order valence-electron chi connectivity index (χ2n) is 5.43. The van der Waals surface area contributed by atoms with Crippen molar-refractivity contribution >= 4 is 17.3 Å². The van der Waals surface area contributed by atoms with Crippen LogP contribution in [0.3, 0.4) is 0 Å². The van der Waals surface area contributed by atoms with Crippen LogP contribution in [0, 0.1) is 0 Å². The molecule has 0 saturated heterocycles. The van der Waals surface area contributed by atoms with Crippen LogP contribution in [0.25, 0.3) is 0 Å². The molecule has 1 amide bonds. The average molecular weight is 291 g/mol. The van der Waals surface area contributed by atoms with Gasteiger partial charge in [-0.3, -0.25) is 4.79 Å². The summed E-state index contributed by atoms with van der Waals surface area (Å²) in [5.41, 5.74) is 7.15. The van der Waals surface area contributed by atoms with Crippen LogP contribution < -0.4 is 11.1 Å². The van der Waals surface area contributed by atoms with Crippen LogP contribution in [-0.4, -0.2) is 30.4 Å². The van der Waals surface area contributed by atoms with Gasteiger partial charge in [-0.25, -0.2) is 0 Å². The SMILES string of the molecule is CCCCN(CCCC)CCC(=O)Nc1ccccc1N. The Kier molecular flexibility index (Phi) is 8.51. The van der Waals surface area contributed by atoms with Gasteiger partial charge in [-0.1, -0.05) is 38.8 Å². The predicted octanol–water partition coefficient (Wildman–Crippen LogP) is 3.50. The Morgan fingerprint density at radius 1 is 1.10 bits per heavy atom. The Morgan fingerprint density at radius 2 is 1.71 bits per heavy atom. The van der Waals surface area contributed by atoms with Crippen LogP contribution in [0.15, 0.2) is 24.3 Å². The highest BCUT2D eigenvalue weighted by Gasteiger charge is 2.09. The normalized spacial score (nSPS) is 10.8. The Morgan fingerprint density at radius 3 is 2.29 bits per heavy atom. The summed E-state index contributed by atoms with van der Waals surface area (Å²) in [6, 6.07) is 7.37. The second-order valence-corrected chi connectivity index (χ2v) is 5.43. The van der Waals surface area contributed by atoms with Gasteiger partial charge >= 0.3 is 0 Å². The lowest BCUT2D eigenvalue weighted by Crippen LogP contribution is -2.30. The van der Waals surface area contributed by atoms with E-state index in [0.29, 0.717) is 17.8 Å². The fourth-order valence-corrected chi connectivity index (χ4v) is 2.18. The van der Waals surface area contributed by atoms with Crippen molar-refractivity contribution in [2.75, 3.05) is 30.7 Å². The van der Waals surface area contributed by atoms with Crippen LogP contribution in [0.4, 0.5) is 11.4 Å². The molecular weight excluding hydrogens is 262 g/mol. The lowest BCUT2D eigenvalue weighted by Gasteiger charge is -2.21. The molecule has 0 saturated carbocycles. The van der Waals surface area contributed by atoms with Crippen molar-refractivity contribution in [2.45, 2.75) is 46.0 Å². The number of nitrogen functional groups attached to an aromatic ring is 1. The molecule has 21 heavy (non-hydrogen) atoms. The van der Waals surface area contributed by atoms with Gasteiger partial charge in [0.05, 0.1) is 11.4 Å². The van der Waals surface area contributed by atoms with Gasteiger partial charge in [-0.15, -0.1) is 0 Å². The molecule has 118 valence electrons. The van der Waals surface area contributed by atoms with E-state index in [1.165, 1.54) is 25.7 Å². The first-order chi connectivity index (χ1) is 10.2. The second kappa shape index (κ2) is 10.2. The maximum atomic E-state index is 12.0. The summed E-state index contributed by atoms with van der Waals surface area (Å²) in [5.74, 6) is 0.0332. The monoisotopic (exact) mass is 291 g/mol. The Bertz CT molecular complexity index is 412. The number of rotatable bonds is 10. The molecule has 0 aliphatic rings. The fourth-order valence-electron chi connectivity index (χ4n) is 2.18. The first kappa shape index (κ1) is 17.5. The van der Waals surface area contributed by atoms with E-state index >= 15 is 0 Å². The number of carbonyl (C=O) groups excluding carboxylic acids is 1. The summed E-state index contributed by atoms with van der Waals surface area (Å²) in [4.78, 5) is 14.4. The van der Waals surface area contributed by atoms with Crippen LogP contribution in [0.1, 0.15) is 46.0 Å². The molecule has 0 aromatic heterocycles. The third-order valence-corrected chi connectivity index (χ3v) is 3.55. The van der Waals surface area contributed by atoms with Gasteiger partial charge in [0.25, 0.3) is 0 Å². The topological polar surface area (TPSA) is 58.4 Å². The highest BCUT2D eigenvalue weighted by Crippen LogP contribution is 2.16. The van der Waals surface area contributed by atoms with Gasteiger partial charge in [-0.05, 0) is 38.1 Å². The van der Waals surface area contributed by atoms with Crippen molar-refractivity contribution in [2.24, 2.45) is 0 Å². The minimum absolute atomic E-state index is 0.0332. The van der Waals surface area contributed by atoms with Crippen LogP contribution in [-0.2, 0) is 4.79 Å². The molecule has 0 radical (unpaired) electrons. The standard InChI is InChI=1S/C17H29N3O/c1-3-5-12-20(13-6-4-2)14-11-17(21)19-16-10-8-7-9-15(16)18/h7-10H,3-6,11-14,18H2,1-2H3,(H,19,21). The molecule has 0 aliphatic carbocycles. The summed E-state index contributed by atoms with van der Waals surface area (Å²) in [7, 11) is 0. The largest absolute Gasteiger partial charge is 0.397 e. The van der Waals surface area contributed by atoms with Crippen molar-refractivity contribution in [3.05, 3.63) is 24.3 Å². The number of nitrogens with one attached hydrogen (secondary N) is 1. The average Bonchev–Trinajstić information content (AvgIpc) is 2.49. The summed E-state index contributed by atoms with van der Waals surface area (Å²) >= 11 is 0. The zero-order valence-corrected chi connectivity index (χ0v) is 13.4. The maximum absolute atomic E-state index is 12.0. The Hall–Kier alpha value is -1.55. The van der Waals surface area contributed by atoms with Crippen LogP contribution in [0.2, 0.25) is 0 Å². The number of benzene rings is 1. The van der Waals surface area contributed by atoms with E-state index in [1.54, 1.807) is 6.07 Å². The number of nitrogens with zero attached hydrogens (tertiary/aromatic N) is 1. The Balaban J connectivity index is 2.39. The number of anilines is 2. The van der Waals surface area contributed by atoms with E-state index in [-0.39, 0.29) is 5.91 Å². The van der Waals surface area contributed by atoms with E-state index in [4.69, 9.17) is 5.73 Å². The van der Waals surface area contributed by atoms with Crippen molar-refractivity contribution < 1.29 is 4.79 Å². The van der Waals surface area contributed by atoms with Gasteiger partial charge in [0.15, 0.2) is 0 Å². The summed E-state index contributed by atoms with van der Waals surface area (Å²) < 4.78 is 0. The van der Waals surface area contributed by atoms with Gasteiger partial charge in [0, 0.05) is 13.0 Å². The predicted molar refractivity (Wildman–Crippen MR) is 90.4 cm³/mol. The number of unbranched alkanes of at least 4 members (excludes halogenated alkanes) is 2. The van der Waals surface area contributed by atoms with Gasteiger partial charge in [0.1, 0.15) is 0 Å². The van der Waals surface area contributed by atoms with Gasteiger partial charge in [0.2, 0.25) is 5.91 Å². The fraction of sp³-hybridized carbons (Fsp3) is 0.588. The van der Waals surface area contributed by atoms with Crippen molar-refractivity contribution in [1.82, 2.24) is 4.90 Å². The minimum Gasteiger partial charge on any atom is -0.397 e. The number of amides is 1. The maximum Gasteiger partial charge on any atom is 0.225 e. The molecule has 0 heterocycles. The molecule has 0 atom stereocenters. The lowest BCUT2D eigenvalue weighted by molar-refractivity contribution is -0.116. The van der Waals surface area contributed by atoms with Gasteiger partial charge < -0.3 is 16.0 Å². The summed E-state index contributed by atoms with van der Waals surface area (Å²) in [5, 5.41) is 2.89. The molecule has 0 aliphatic heterocycles. The minimum atomic E-state index is 0.0332. The molecule has 0 bridgehead atoms. The van der Waals surface area contributed by atoms with E-state index < -0.39 is 0 Å². The zero-order chi connectivity index (χ0) is 15.5. The molecule has 0 unspecified atom stereocenters. The number of hydrogen-bond donors (Lipinski definition) is 2. The summed E-state index contributed by atoms with van der Waals surface area (Å²) in [6.45, 7) is 7.37. The van der Waals surface area contributed by atoms with Crippen LogP contribution >= 0.6 is 0 Å². The van der Waals surface area contributed by atoms with Crippen molar-refractivity contribution in [1.29, 1.82) is 0 Å². The molecule has 4 heteroatoms. The molecule has 1 aromatic rings. The number of para-hydroxylation sites is 2. The molecular formula is C17H29N3O. The van der Waals surface area contributed by atoms with E-state index in [0.717, 1.165) is 19.6 Å². The molecule has 3 N–H and O–H groups in total. The number of hydrogen-bond acceptors (Lipinski definition) is 3. The highest BCUT2D eigenvalue weighted by atomic mass is 16.1. The molecule has 0 fully saturated rings. The quantitative estimate of drug-likeness (QED) is 0.649. The Labute approximate surface area is 128 Å². The summed E-state index contributed by atoms with van der Waals surface area (Å²) in [6.07, 6.45) is 5.28. The molecule has 4 nitrogen and oxygen atoms in total. The zero-order valence-electron chi connectivity index (χ0n) is 13.4. The van der Waals surface area contributed by atoms with Crippen molar-refractivity contribution in [3.63, 3.8) is 0 Å². The van der Waals surface area contributed by atoms with Crippen LogP contribution in [0.5, 0.6) is 0 Å². The number of carbonyl (C=O) groups is 1. The molecule has 1 rings (SSSR count). The number of nitrogens with two attached hydrogens (primary N) is 1. The molecule has 1 aromatic carbocycles. The van der Waals surface area contributed by atoms with Crippen molar-refractivity contribution in [3.8, 4) is 0 Å². The van der Waals surface area contributed by atoms with E-state index in [1.807, 2.05) is 18.2 Å². The van der Waals surface area contributed by atoms with E-state index in [2.05, 4.69) is 24.1 Å². The van der Waals surface area contributed by atoms with Gasteiger partial charge in [-0.2, -0.15) is 0 Å². The lowest BCUT2D eigenvalue weighted by atomic mass is 10.2. The third-order valence-electron chi connectivity index (χ3n) is 3.55. The first-order valence-electron chi connectivity index (χ1n) is 8.04. The molecule has 0 spiro atoms. The van der Waals surface area contributed by atoms with E-state index in [9.17, 15) is 4.79 Å². The third kappa shape index (κ3) is 7.14. The highest BCUT2D eigenvalue weighted by molar-refractivity contribution is 5.93. The smallest absolute Gasteiger partial charge is 0.225 e.